The van der Waals surface area contributed by atoms with Gasteiger partial charge in [0.25, 0.3) is 0 Å². The van der Waals surface area contributed by atoms with E-state index in [1.54, 1.807) is 18.4 Å². The Balaban J connectivity index is 2.26. The molecule has 1 rings (SSSR count). The minimum absolute atomic E-state index is 0.482. The molecule has 0 saturated carbocycles. The summed E-state index contributed by atoms with van der Waals surface area (Å²) in [6.07, 6.45) is 7.94. The summed E-state index contributed by atoms with van der Waals surface area (Å²) in [5, 5.41) is 7.30. The fraction of sp³-hybridized carbons (Fsp3) is 0.455. The molecule has 0 fully saturated rings. The summed E-state index contributed by atoms with van der Waals surface area (Å²) < 4.78 is 0. The van der Waals surface area contributed by atoms with Crippen molar-refractivity contribution in [1.82, 2.24) is 15.6 Å². The van der Waals surface area contributed by atoms with Crippen molar-refractivity contribution in [2.45, 2.75) is 13.3 Å². The SMILES string of the molecule is C#CCNC(=NC)NCCc1ncc(C)s1. The highest BCUT2D eigenvalue weighted by molar-refractivity contribution is 7.11. The van der Waals surface area contributed by atoms with Gasteiger partial charge in [-0.05, 0) is 6.92 Å². The van der Waals surface area contributed by atoms with Crippen LogP contribution < -0.4 is 10.6 Å². The topological polar surface area (TPSA) is 49.3 Å². The fourth-order valence-electron chi connectivity index (χ4n) is 1.16. The summed E-state index contributed by atoms with van der Waals surface area (Å²) in [5.41, 5.74) is 0. The molecule has 0 aliphatic heterocycles. The molecular formula is C11H16N4S. The number of terminal acetylenes is 1. The summed E-state index contributed by atoms with van der Waals surface area (Å²) >= 11 is 1.72. The quantitative estimate of drug-likeness (QED) is 0.462. The summed E-state index contributed by atoms with van der Waals surface area (Å²) in [4.78, 5) is 9.57. The van der Waals surface area contributed by atoms with Crippen LogP contribution in [0.5, 0.6) is 0 Å². The highest BCUT2D eigenvalue weighted by Gasteiger charge is 1.99. The van der Waals surface area contributed by atoms with E-state index in [4.69, 9.17) is 6.42 Å². The smallest absolute Gasteiger partial charge is 0.191 e. The Bertz CT molecular complexity index is 389. The van der Waals surface area contributed by atoms with Gasteiger partial charge in [0.2, 0.25) is 0 Å². The van der Waals surface area contributed by atoms with Crippen LogP contribution >= 0.6 is 11.3 Å². The molecule has 0 aromatic carbocycles. The third kappa shape index (κ3) is 4.32. The van der Waals surface area contributed by atoms with Gasteiger partial charge in [-0.2, -0.15) is 0 Å². The number of hydrogen-bond acceptors (Lipinski definition) is 3. The predicted octanol–water partition coefficient (Wildman–Crippen LogP) is 0.792. The van der Waals surface area contributed by atoms with Gasteiger partial charge in [0.1, 0.15) is 0 Å². The second kappa shape index (κ2) is 6.85. The Kier molecular flexibility index (Phi) is 5.37. The molecule has 16 heavy (non-hydrogen) atoms. The average Bonchev–Trinajstić information content (AvgIpc) is 2.69. The number of nitrogens with zero attached hydrogens (tertiary/aromatic N) is 2. The van der Waals surface area contributed by atoms with Crippen LogP contribution in [0.25, 0.3) is 0 Å². The van der Waals surface area contributed by atoms with Crippen molar-refractivity contribution in [3.05, 3.63) is 16.1 Å². The van der Waals surface area contributed by atoms with Gasteiger partial charge in [-0.1, -0.05) is 5.92 Å². The lowest BCUT2D eigenvalue weighted by molar-refractivity contribution is 0.820. The number of aromatic nitrogens is 1. The first-order valence-electron chi connectivity index (χ1n) is 5.05. The lowest BCUT2D eigenvalue weighted by atomic mass is 10.4. The minimum atomic E-state index is 0.482. The number of rotatable bonds is 4. The number of aryl methyl sites for hydroxylation is 1. The van der Waals surface area contributed by atoms with Gasteiger partial charge < -0.3 is 10.6 Å². The van der Waals surface area contributed by atoms with Crippen LogP contribution in [0.2, 0.25) is 0 Å². The number of hydrogen-bond donors (Lipinski definition) is 2. The molecule has 0 aliphatic carbocycles. The average molecular weight is 236 g/mol. The van der Waals surface area contributed by atoms with E-state index in [-0.39, 0.29) is 0 Å². The van der Waals surface area contributed by atoms with E-state index >= 15 is 0 Å². The molecule has 4 nitrogen and oxygen atoms in total. The van der Waals surface area contributed by atoms with Crippen molar-refractivity contribution >= 4 is 17.3 Å². The van der Waals surface area contributed by atoms with E-state index in [0.29, 0.717) is 6.54 Å². The van der Waals surface area contributed by atoms with E-state index in [2.05, 4.69) is 33.5 Å². The van der Waals surface area contributed by atoms with Crippen LogP contribution in [0.15, 0.2) is 11.2 Å². The second-order valence-electron chi connectivity index (χ2n) is 3.17. The monoisotopic (exact) mass is 236 g/mol. The molecule has 0 amide bonds. The van der Waals surface area contributed by atoms with Crippen LogP contribution in [-0.4, -0.2) is 31.1 Å². The molecule has 2 N–H and O–H groups in total. The fourth-order valence-corrected chi connectivity index (χ4v) is 1.95. The standard InChI is InChI=1S/C11H16N4S/c1-4-6-13-11(12-3)14-7-5-10-15-8-9(2)16-10/h1,8H,5-7H2,2-3H3,(H2,12,13,14). The zero-order chi connectivity index (χ0) is 11.8. The Hall–Kier alpha value is -1.54. The van der Waals surface area contributed by atoms with Crippen molar-refractivity contribution < 1.29 is 0 Å². The highest BCUT2D eigenvalue weighted by Crippen LogP contribution is 2.10. The highest BCUT2D eigenvalue weighted by atomic mass is 32.1. The molecule has 0 bridgehead atoms. The summed E-state index contributed by atoms with van der Waals surface area (Å²) in [7, 11) is 1.72. The molecule has 0 aliphatic rings. The first-order valence-corrected chi connectivity index (χ1v) is 5.87. The summed E-state index contributed by atoms with van der Waals surface area (Å²) in [6.45, 7) is 3.34. The second-order valence-corrected chi connectivity index (χ2v) is 4.49. The van der Waals surface area contributed by atoms with Crippen LogP contribution in [0.3, 0.4) is 0 Å². The largest absolute Gasteiger partial charge is 0.356 e. The van der Waals surface area contributed by atoms with E-state index in [0.717, 1.165) is 23.9 Å². The van der Waals surface area contributed by atoms with Gasteiger partial charge in [0.15, 0.2) is 5.96 Å². The predicted molar refractivity (Wildman–Crippen MR) is 68.8 cm³/mol. The van der Waals surface area contributed by atoms with Crippen LogP contribution in [-0.2, 0) is 6.42 Å². The molecule has 0 atom stereocenters. The van der Waals surface area contributed by atoms with Gasteiger partial charge in [0, 0.05) is 31.1 Å². The molecule has 1 aromatic rings. The molecular weight excluding hydrogens is 220 g/mol. The summed E-state index contributed by atoms with van der Waals surface area (Å²) in [5.74, 6) is 3.23. The van der Waals surface area contributed by atoms with Crippen molar-refractivity contribution in [1.29, 1.82) is 0 Å². The molecule has 5 heteroatoms. The molecule has 1 heterocycles. The Labute approximate surface area is 100 Å². The number of aliphatic imine (C=N–C) groups is 1. The van der Waals surface area contributed by atoms with Crippen molar-refractivity contribution in [2.24, 2.45) is 4.99 Å². The molecule has 0 radical (unpaired) electrons. The van der Waals surface area contributed by atoms with Gasteiger partial charge >= 0.3 is 0 Å². The third-order valence-electron chi connectivity index (χ3n) is 1.88. The van der Waals surface area contributed by atoms with E-state index in [9.17, 15) is 0 Å². The van der Waals surface area contributed by atoms with Gasteiger partial charge in [-0.3, -0.25) is 4.99 Å². The first-order chi connectivity index (χ1) is 7.76. The zero-order valence-corrected chi connectivity index (χ0v) is 10.4. The van der Waals surface area contributed by atoms with Gasteiger partial charge in [-0.15, -0.1) is 17.8 Å². The lowest BCUT2D eigenvalue weighted by Gasteiger charge is -2.08. The number of thiazole rings is 1. The summed E-state index contributed by atoms with van der Waals surface area (Å²) in [6, 6.07) is 0. The van der Waals surface area contributed by atoms with E-state index < -0.39 is 0 Å². The Morgan fingerprint density at radius 1 is 1.62 bits per heavy atom. The normalized spacial score (nSPS) is 10.9. The molecule has 0 unspecified atom stereocenters. The zero-order valence-electron chi connectivity index (χ0n) is 9.58. The molecule has 86 valence electrons. The van der Waals surface area contributed by atoms with Crippen molar-refractivity contribution in [3.8, 4) is 12.3 Å². The Morgan fingerprint density at radius 3 is 3.00 bits per heavy atom. The van der Waals surface area contributed by atoms with Crippen molar-refractivity contribution in [2.75, 3.05) is 20.1 Å². The maximum Gasteiger partial charge on any atom is 0.191 e. The van der Waals surface area contributed by atoms with E-state index in [1.807, 2.05) is 6.20 Å². The van der Waals surface area contributed by atoms with E-state index in [1.165, 1.54) is 4.88 Å². The van der Waals surface area contributed by atoms with Gasteiger partial charge in [-0.25, -0.2) is 4.98 Å². The van der Waals surface area contributed by atoms with Crippen LogP contribution in [0, 0.1) is 19.3 Å². The number of nitrogens with one attached hydrogen (secondary N) is 2. The maximum absolute atomic E-state index is 5.15. The van der Waals surface area contributed by atoms with Gasteiger partial charge in [0.05, 0.1) is 11.6 Å². The van der Waals surface area contributed by atoms with Crippen LogP contribution in [0.4, 0.5) is 0 Å². The first kappa shape index (κ1) is 12.5. The Morgan fingerprint density at radius 2 is 2.44 bits per heavy atom. The minimum Gasteiger partial charge on any atom is -0.356 e. The maximum atomic E-state index is 5.15. The third-order valence-corrected chi connectivity index (χ3v) is 2.85. The molecule has 0 spiro atoms. The number of guanidine groups is 1. The molecule has 1 aromatic heterocycles. The van der Waals surface area contributed by atoms with Crippen LogP contribution in [0.1, 0.15) is 9.88 Å². The van der Waals surface area contributed by atoms with Crippen molar-refractivity contribution in [3.63, 3.8) is 0 Å². The lowest BCUT2D eigenvalue weighted by Crippen LogP contribution is -2.38. The molecule has 0 saturated heterocycles.